The number of hydrogen-bond acceptors (Lipinski definition) is 5. The molecule has 0 saturated heterocycles. The zero-order valence-electron chi connectivity index (χ0n) is 13.0. The molecule has 3 rings (SSSR count). The van der Waals surface area contributed by atoms with E-state index in [1.807, 2.05) is 42.5 Å². The van der Waals surface area contributed by atoms with Crippen LogP contribution in [0.5, 0.6) is 17.4 Å². The van der Waals surface area contributed by atoms with Crippen molar-refractivity contribution in [2.75, 3.05) is 12.4 Å². The predicted octanol–water partition coefficient (Wildman–Crippen LogP) is 3.53. The lowest BCUT2D eigenvalue weighted by Crippen LogP contribution is -2.14. The number of methoxy groups -OCH3 is 1. The number of ether oxygens (including phenoxy) is 2. The number of nitrogens with zero attached hydrogens (tertiary/aromatic N) is 2. The maximum atomic E-state index is 12.3. The van der Waals surface area contributed by atoms with Gasteiger partial charge in [-0.2, -0.15) is 0 Å². The van der Waals surface area contributed by atoms with E-state index in [2.05, 4.69) is 15.5 Å². The maximum Gasteiger partial charge on any atom is 0.276 e. The first-order valence-electron chi connectivity index (χ1n) is 7.27. The molecule has 3 aromatic rings. The smallest absolute Gasteiger partial charge is 0.276 e. The van der Waals surface area contributed by atoms with Crippen LogP contribution >= 0.6 is 0 Å². The van der Waals surface area contributed by atoms with Crippen molar-refractivity contribution in [2.24, 2.45) is 0 Å². The summed E-state index contributed by atoms with van der Waals surface area (Å²) in [4.78, 5) is 12.3. The summed E-state index contributed by atoms with van der Waals surface area (Å²) in [5.74, 6) is 1.19. The van der Waals surface area contributed by atoms with Gasteiger partial charge in [-0.3, -0.25) is 4.79 Å². The Hall–Kier alpha value is -3.41. The fraction of sp³-hybridized carbons (Fsp3) is 0.0556. The molecule has 2 aromatic carbocycles. The van der Waals surface area contributed by atoms with Crippen LogP contribution in [0.4, 0.5) is 5.69 Å². The van der Waals surface area contributed by atoms with Gasteiger partial charge in [0.25, 0.3) is 5.91 Å². The molecule has 120 valence electrons. The van der Waals surface area contributed by atoms with Crippen LogP contribution < -0.4 is 14.8 Å². The quantitative estimate of drug-likeness (QED) is 0.778. The number of para-hydroxylation sites is 3. The minimum atomic E-state index is -0.380. The normalized spacial score (nSPS) is 10.0. The Bertz CT molecular complexity index is 820. The average molecular weight is 321 g/mol. The predicted molar refractivity (Wildman–Crippen MR) is 89.5 cm³/mol. The molecule has 1 aromatic heterocycles. The lowest BCUT2D eigenvalue weighted by atomic mass is 10.2. The second kappa shape index (κ2) is 7.23. The molecule has 0 fully saturated rings. The second-order valence-electron chi connectivity index (χ2n) is 4.83. The fourth-order valence-corrected chi connectivity index (χ4v) is 2.01. The van der Waals surface area contributed by atoms with Gasteiger partial charge in [-0.15, -0.1) is 10.2 Å². The van der Waals surface area contributed by atoms with Crippen LogP contribution in [0.1, 0.15) is 10.5 Å². The molecule has 6 heteroatoms. The standard InChI is InChI=1S/C18H15N3O3/c1-23-17-12-11-15(20-21-17)18(22)19-14-9-5-6-10-16(14)24-13-7-3-2-4-8-13/h2-12H,1H3,(H,19,22). The van der Waals surface area contributed by atoms with Crippen molar-refractivity contribution in [2.45, 2.75) is 0 Å². The third kappa shape index (κ3) is 3.67. The van der Waals surface area contributed by atoms with E-state index in [-0.39, 0.29) is 11.6 Å². The molecular weight excluding hydrogens is 306 g/mol. The first-order valence-corrected chi connectivity index (χ1v) is 7.27. The molecule has 24 heavy (non-hydrogen) atoms. The SMILES string of the molecule is COc1ccc(C(=O)Nc2ccccc2Oc2ccccc2)nn1. The number of rotatable bonds is 5. The highest BCUT2D eigenvalue weighted by Gasteiger charge is 2.12. The van der Waals surface area contributed by atoms with Crippen molar-refractivity contribution in [3.63, 3.8) is 0 Å². The monoisotopic (exact) mass is 321 g/mol. The molecule has 0 aliphatic carbocycles. The molecule has 0 aliphatic heterocycles. The van der Waals surface area contributed by atoms with E-state index < -0.39 is 0 Å². The van der Waals surface area contributed by atoms with E-state index in [0.29, 0.717) is 23.1 Å². The van der Waals surface area contributed by atoms with Gasteiger partial charge in [0.2, 0.25) is 5.88 Å². The molecule has 1 heterocycles. The van der Waals surface area contributed by atoms with Crippen molar-refractivity contribution in [3.8, 4) is 17.4 Å². The van der Waals surface area contributed by atoms with Crippen molar-refractivity contribution >= 4 is 11.6 Å². The molecule has 0 saturated carbocycles. The highest BCUT2D eigenvalue weighted by Crippen LogP contribution is 2.29. The van der Waals surface area contributed by atoms with E-state index in [0.717, 1.165) is 0 Å². The molecule has 6 nitrogen and oxygen atoms in total. The van der Waals surface area contributed by atoms with Gasteiger partial charge in [0.15, 0.2) is 11.4 Å². The Balaban J connectivity index is 1.78. The van der Waals surface area contributed by atoms with E-state index in [1.165, 1.54) is 7.11 Å². The summed E-state index contributed by atoms with van der Waals surface area (Å²) >= 11 is 0. The van der Waals surface area contributed by atoms with Crippen LogP contribution in [0, 0.1) is 0 Å². The van der Waals surface area contributed by atoms with Crippen LogP contribution in [-0.4, -0.2) is 23.2 Å². The topological polar surface area (TPSA) is 73.3 Å². The van der Waals surface area contributed by atoms with Gasteiger partial charge < -0.3 is 14.8 Å². The molecule has 0 bridgehead atoms. The summed E-state index contributed by atoms with van der Waals surface area (Å²) < 4.78 is 10.7. The molecule has 0 atom stereocenters. The van der Waals surface area contributed by atoms with Crippen LogP contribution in [0.2, 0.25) is 0 Å². The summed E-state index contributed by atoms with van der Waals surface area (Å²) in [7, 11) is 1.49. The summed E-state index contributed by atoms with van der Waals surface area (Å²) in [6, 6.07) is 19.6. The molecule has 0 unspecified atom stereocenters. The number of nitrogens with one attached hydrogen (secondary N) is 1. The first-order chi connectivity index (χ1) is 11.8. The third-order valence-electron chi connectivity index (χ3n) is 3.19. The number of amides is 1. The lowest BCUT2D eigenvalue weighted by molar-refractivity contribution is 0.102. The highest BCUT2D eigenvalue weighted by molar-refractivity contribution is 6.03. The number of carbonyl (C=O) groups excluding carboxylic acids is 1. The largest absolute Gasteiger partial charge is 0.480 e. The Morgan fingerprint density at radius 1 is 0.917 bits per heavy atom. The lowest BCUT2D eigenvalue weighted by Gasteiger charge is -2.11. The number of anilines is 1. The number of benzene rings is 2. The highest BCUT2D eigenvalue weighted by atomic mass is 16.5. The number of aromatic nitrogens is 2. The minimum Gasteiger partial charge on any atom is -0.480 e. The van der Waals surface area contributed by atoms with E-state index in [1.54, 1.807) is 24.3 Å². The van der Waals surface area contributed by atoms with E-state index >= 15 is 0 Å². The van der Waals surface area contributed by atoms with Gasteiger partial charge in [-0.05, 0) is 30.3 Å². The Morgan fingerprint density at radius 3 is 2.38 bits per heavy atom. The Labute approximate surface area is 139 Å². The molecule has 0 radical (unpaired) electrons. The van der Waals surface area contributed by atoms with E-state index in [4.69, 9.17) is 9.47 Å². The third-order valence-corrected chi connectivity index (χ3v) is 3.19. The van der Waals surface area contributed by atoms with Crippen LogP contribution in [0.15, 0.2) is 66.7 Å². The van der Waals surface area contributed by atoms with Crippen LogP contribution in [0.3, 0.4) is 0 Å². The molecule has 1 amide bonds. The number of hydrogen-bond donors (Lipinski definition) is 1. The van der Waals surface area contributed by atoms with Gasteiger partial charge >= 0.3 is 0 Å². The van der Waals surface area contributed by atoms with Crippen molar-refractivity contribution < 1.29 is 14.3 Å². The minimum absolute atomic E-state index is 0.185. The van der Waals surface area contributed by atoms with Gasteiger partial charge in [0, 0.05) is 6.07 Å². The fourth-order valence-electron chi connectivity index (χ4n) is 2.01. The maximum absolute atomic E-state index is 12.3. The first kappa shape index (κ1) is 15.5. The van der Waals surface area contributed by atoms with Gasteiger partial charge in [0.1, 0.15) is 5.75 Å². The Morgan fingerprint density at radius 2 is 1.67 bits per heavy atom. The summed E-state index contributed by atoms with van der Waals surface area (Å²) in [6.45, 7) is 0. The van der Waals surface area contributed by atoms with Gasteiger partial charge in [0.05, 0.1) is 12.8 Å². The van der Waals surface area contributed by atoms with E-state index in [9.17, 15) is 4.79 Å². The van der Waals surface area contributed by atoms with Gasteiger partial charge in [-0.25, -0.2) is 0 Å². The molecule has 1 N–H and O–H groups in total. The van der Waals surface area contributed by atoms with Crippen LogP contribution in [0.25, 0.3) is 0 Å². The van der Waals surface area contributed by atoms with Gasteiger partial charge in [-0.1, -0.05) is 30.3 Å². The van der Waals surface area contributed by atoms with Crippen molar-refractivity contribution in [1.29, 1.82) is 0 Å². The second-order valence-corrected chi connectivity index (χ2v) is 4.83. The summed E-state index contributed by atoms with van der Waals surface area (Å²) in [5.41, 5.74) is 0.731. The van der Waals surface area contributed by atoms with Crippen molar-refractivity contribution in [1.82, 2.24) is 10.2 Å². The number of carbonyl (C=O) groups is 1. The zero-order valence-corrected chi connectivity index (χ0v) is 13.0. The average Bonchev–Trinajstić information content (AvgIpc) is 2.64. The molecular formula is C18H15N3O3. The molecule has 0 aliphatic rings. The zero-order chi connectivity index (χ0) is 16.8. The van der Waals surface area contributed by atoms with Crippen molar-refractivity contribution in [3.05, 3.63) is 72.4 Å². The summed E-state index contributed by atoms with van der Waals surface area (Å²) in [6.07, 6.45) is 0. The molecule has 0 spiro atoms. The van der Waals surface area contributed by atoms with Crippen LogP contribution in [-0.2, 0) is 0 Å². The Kier molecular flexibility index (Phi) is 4.67. The summed E-state index contributed by atoms with van der Waals surface area (Å²) in [5, 5.41) is 10.4.